The molecule has 0 aromatic heterocycles. The van der Waals surface area contributed by atoms with Crippen molar-refractivity contribution in [2.24, 2.45) is 4.99 Å². The molecule has 31 heavy (non-hydrogen) atoms. The van der Waals surface area contributed by atoms with Crippen LogP contribution in [0.25, 0.3) is 6.08 Å². The van der Waals surface area contributed by atoms with Gasteiger partial charge < -0.3 is 14.3 Å². The zero-order valence-corrected chi connectivity index (χ0v) is 18.0. The van der Waals surface area contributed by atoms with E-state index in [2.05, 4.69) is 4.99 Å². The van der Waals surface area contributed by atoms with Crippen molar-refractivity contribution in [2.45, 2.75) is 20.5 Å². The molecular formula is C23H20ClN3O4. The summed E-state index contributed by atoms with van der Waals surface area (Å²) in [6, 6.07) is 11.3. The molecule has 0 spiro atoms. The van der Waals surface area contributed by atoms with E-state index in [9.17, 15) is 4.79 Å². The molecule has 0 saturated carbocycles. The van der Waals surface area contributed by atoms with Crippen LogP contribution < -0.4 is 9.47 Å². The molecule has 2 aliphatic rings. The highest BCUT2D eigenvalue weighted by Crippen LogP contribution is 2.38. The summed E-state index contributed by atoms with van der Waals surface area (Å²) in [5.74, 6) is 1.04. The Bertz CT molecular complexity index is 1180. The Morgan fingerprint density at radius 1 is 1.26 bits per heavy atom. The molecule has 0 fully saturated rings. The molecule has 158 valence electrons. The van der Waals surface area contributed by atoms with Gasteiger partial charge in [0.2, 0.25) is 0 Å². The number of benzene rings is 2. The molecule has 0 aliphatic carbocycles. The fourth-order valence-electron chi connectivity index (χ4n) is 3.29. The number of hydrogen-bond donors (Lipinski definition) is 1. The fourth-order valence-corrected chi connectivity index (χ4v) is 3.56. The number of fused-ring (bicyclic) bond motifs is 1. The highest BCUT2D eigenvalue weighted by molar-refractivity contribution is 6.33. The average molecular weight is 438 g/mol. The van der Waals surface area contributed by atoms with E-state index < -0.39 is 5.91 Å². The summed E-state index contributed by atoms with van der Waals surface area (Å²) in [4.78, 5) is 21.9. The first-order chi connectivity index (χ1) is 14.9. The minimum Gasteiger partial charge on any atom is -0.493 e. The second-order valence-electron chi connectivity index (χ2n) is 7.13. The lowest BCUT2D eigenvalue weighted by Gasteiger charge is -2.23. The molecule has 8 heteroatoms. The molecule has 1 amide bonds. The third-order valence-electron chi connectivity index (χ3n) is 4.71. The Morgan fingerprint density at radius 2 is 2.06 bits per heavy atom. The third-order valence-corrected chi connectivity index (χ3v) is 4.99. The molecule has 4 rings (SSSR count). The Hall–Kier alpha value is -3.58. The second-order valence-corrected chi connectivity index (χ2v) is 7.54. The number of methoxy groups -OCH3 is 1. The van der Waals surface area contributed by atoms with Crippen molar-refractivity contribution < 1.29 is 19.1 Å². The predicted octanol–water partition coefficient (Wildman–Crippen LogP) is 4.69. The van der Waals surface area contributed by atoms with Gasteiger partial charge in [0.1, 0.15) is 12.4 Å². The lowest BCUT2D eigenvalue weighted by atomic mass is 10.1. The average Bonchev–Trinajstić information content (AvgIpc) is 3.10. The largest absolute Gasteiger partial charge is 0.493 e. The highest BCUT2D eigenvalue weighted by atomic mass is 35.5. The summed E-state index contributed by atoms with van der Waals surface area (Å²) < 4.78 is 11.4. The first-order valence-electron chi connectivity index (χ1n) is 9.51. The Kier molecular flexibility index (Phi) is 5.52. The van der Waals surface area contributed by atoms with Crippen molar-refractivity contribution in [1.82, 2.24) is 5.06 Å². The summed E-state index contributed by atoms with van der Waals surface area (Å²) in [7, 11) is 1.51. The van der Waals surface area contributed by atoms with Crippen LogP contribution in [0.4, 0.5) is 0 Å². The SMILES string of the molecule is COc1cc(/C=C2/C(=N)N3OC(C)=CC3=NC2=O)cc(Cl)c1OCc1cccc(C)c1. The molecule has 2 aromatic rings. The van der Waals surface area contributed by atoms with Gasteiger partial charge in [0.25, 0.3) is 5.91 Å². The normalized spacial score (nSPS) is 16.6. The van der Waals surface area contributed by atoms with Crippen molar-refractivity contribution in [3.63, 3.8) is 0 Å². The smallest absolute Gasteiger partial charge is 0.282 e. The summed E-state index contributed by atoms with van der Waals surface area (Å²) in [5.41, 5.74) is 2.80. The lowest BCUT2D eigenvalue weighted by molar-refractivity contribution is -0.114. The van der Waals surface area contributed by atoms with Crippen LogP contribution in [0.15, 0.2) is 58.8 Å². The molecule has 0 radical (unpaired) electrons. The maximum absolute atomic E-state index is 12.5. The van der Waals surface area contributed by atoms with Crippen LogP contribution in [-0.2, 0) is 16.2 Å². The van der Waals surface area contributed by atoms with E-state index in [0.29, 0.717) is 40.3 Å². The van der Waals surface area contributed by atoms with Crippen LogP contribution in [0.2, 0.25) is 5.02 Å². The van der Waals surface area contributed by atoms with Gasteiger partial charge in [-0.05, 0) is 43.2 Å². The van der Waals surface area contributed by atoms with E-state index >= 15 is 0 Å². The van der Waals surface area contributed by atoms with Gasteiger partial charge in [0.15, 0.2) is 23.2 Å². The van der Waals surface area contributed by atoms with Crippen LogP contribution in [-0.4, -0.2) is 29.8 Å². The van der Waals surface area contributed by atoms with Crippen molar-refractivity contribution in [1.29, 1.82) is 5.41 Å². The molecule has 2 heterocycles. The third kappa shape index (κ3) is 4.18. The van der Waals surface area contributed by atoms with Gasteiger partial charge in [-0.3, -0.25) is 10.2 Å². The second kappa shape index (κ2) is 8.28. The number of nitrogens with zero attached hydrogens (tertiary/aromatic N) is 2. The maximum atomic E-state index is 12.5. The number of carbonyl (C=O) groups is 1. The predicted molar refractivity (Wildman–Crippen MR) is 118 cm³/mol. The summed E-state index contributed by atoms with van der Waals surface area (Å²) in [5, 5.41) is 9.86. The van der Waals surface area contributed by atoms with Gasteiger partial charge >= 0.3 is 0 Å². The number of amidine groups is 2. The number of ether oxygens (including phenoxy) is 2. The molecule has 1 N–H and O–H groups in total. The van der Waals surface area contributed by atoms with Crippen LogP contribution in [0.1, 0.15) is 23.6 Å². The van der Waals surface area contributed by atoms with Gasteiger partial charge in [0, 0.05) is 6.08 Å². The Labute approximate surface area is 184 Å². The standard InChI is InChI=1S/C23H20ClN3O4/c1-13-5-4-6-15(7-13)12-30-21-18(24)10-16(11-19(21)29-3)9-17-22(25)27-20(26-23(17)28)8-14(2)31-27/h4-11,25H,12H2,1-3H3/b17-9-,25-22?. The van der Waals surface area contributed by atoms with Crippen molar-refractivity contribution in [3.05, 3.63) is 75.5 Å². The van der Waals surface area contributed by atoms with E-state index in [0.717, 1.165) is 11.1 Å². The number of hydroxylamine groups is 2. The van der Waals surface area contributed by atoms with E-state index in [1.54, 1.807) is 25.1 Å². The maximum Gasteiger partial charge on any atom is 0.282 e. The van der Waals surface area contributed by atoms with Crippen LogP contribution in [0.3, 0.4) is 0 Å². The number of nitrogens with one attached hydrogen (secondary N) is 1. The highest BCUT2D eigenvalue weighted by Gasteiger charge is 2.34. The number of halogens is 1. The molecule has 0 bridgehead atoms. The quantitative estimate of drug-likeness (QED) is 0.686. The minimum absolute atomic E-state index is 0.0819. The van der Waals surface area contributed by atoms with Gasteiger partial charge in [-0.25, -0.2) is 0 Å². The number of allylic oxidation sites excluding steroid dienone is 1. The number of carbonyl (C=O) groups excluding carboxylic acids is 1. The molecule has 7 nitrogen and oxygen atoms in total. The van der Waals surface area contributed by atoms with E-state index in [-0.39, 0.29) is 11.4 Å². The number of amides is 1. The van der Waals surface area contributed by atoms with E-state index in [4.69, 9.17) is 31.3 Å². The fraction of sp³-hybridized carbons (Fsp3) is 0.174. The molecule has 0 atom stereocenters. The number of hydrogen-bond acceptors (Lipinski definition) is 5. The van der Waals surface area contributed by atoms with Crippen LogP contribution >= 0.6 is 11.6 Å². The number of aliphatic imine (C=N–C) groups is 1. The van der Waals surface area contributed by atoms with Crippen molar-refractivity contribution in [3.8, 4) is 11.5 Å². The zero-order valence-electron chi connectivity index (χ0n) is 17.2. The van der Waals surface area contributed by atoms with Gasteiger partial charge in [0.05, 0.1) is 17.7 Å². The minimum atomic E-state index is -0.527. The topological polar surface area (TPSA) is 84.2 Å². The van der Waals surface area contributed by atoms with Crippen molar-refractivity contribution >= 4 is 35.3 Å². The lowest BCUT2D eigenvalue weighted by Crippen LogP contribution is -2.38. The first-order valence-corrected chi connectivity index (χ1v) is 9.89. The van der Waals surface area contributed by atoms with Gasteiger partial charge in [-0.1, -0.05) is 41.4 Å². The zero-order chi connectivity index (χ0) is 22.1. The molecule has 2 aromatic carbocycles. The Balaban J connectivity index is 1.61. The van der Waals surface area contributed by atoms with Crippen LogP contribution in [0.5, 0.6) is 11.5 Å². The summed E-state index contributed by atoms with van der Waals surface area (Å²) in [6.45, 7) is 4.07. The number of rotatable bonds is 5. The summed E-state index contributed by atoms with van der Waals surface area (Å²) >= 11 is 6.47. The van der Waals surface area contributed by atoms with E-state index in [1.165, 1.54) is 18.2 Å². The first kappa shape index (κ1) is 20.7. The summed E-state index contributed by atoms with van der Waals surface area (Å²) in [6.07, 6.45) is 3.13. The Morgan fingerprint density at radius 3 is 2.81 bits per heavy atom. The van der Waals surface area contributed by atoms with Crippen LogP contribution in [0, 0.1) is 12.3 Å². The van der Waals surface area contributed by atoms with Gasteiger partial charge in [-0.15, -0.1) is 5.06 Å². The molecule has 0 saturated heterocycles. The van der Waals surface area contributed by atoms with Gasteiger partial charge in [-0.2, -0.15) is 4.99 Å². The molecular weight excluding hydrogens is 418 g/mol. The number of aryl methyl sites for hydroxylation is 1. The van der Waals surface area contributed by atoms with E-state index in [1.807, 2.05) is 31.2 Å². The molecule has 2 aliphatic heterocycles. The van der Waals surface area contributed by atoms with Crippen molar-refractivity contribution in [2.75, 3.05) is 7.11 Å². The molecule has 0 unspecified atom stereocenters. The monoisotopic (exact) mass is 437 g/mol.